The molecule has 3 N–H and O–H groups in total. The van der Waals surface area contributed by atoms with Gasteiger partial charge in [-0.05, 0) is 43.0 Å². The number of esters is 1. The molecule has 1 aliphatic carbocycles. The molecule has 3 aromatic heterocycles. The van der Waals surface area contributed by atoms with E-state index in [9.17, 15) is 13.2 Å². The maximum atomic E-state index is 11.9. The minimum Gasteiger partial charge on any atom is -0.474 e. The van der Waals surface area contributed by atoms with Gasteiger partial charge in [-0.25, -0.2) is 28.2 Å². The number of aromatic nitrogens is 3. The largest absolute Gasteiger partial charge is 0.474 e. The predicted octanol–water partition coefficient (Wildman–Crippen LogP) is 2.63. The second-order valence-corrected chi connectivity index (χ2v) is 12.0. The molecule has 0 unspecified atom stereocenters. The first-order valence-electron chi connectivity index (χ1n) is 11.4. The van der Waals surface area contributed by atoms with Crippen LogP contribution in [-0.2, 0) is 26.5 Å². The molecule has 0 amide bonds. The van der Waals surface area contributed by atoms with Gasteiger partial charge in [0.25, 0.3) is 0 Å². The first-order valence-corrected chi connectivity index (χ1v) is 13.3. The number of pyridine rings is 3. The average molecular weight is 498 g/mol. The van der Waals surface area contributed by atoms with Crippen LogP contribution < -0.4 is 15.8 Å². The minimum atomic E-state index is -3.07. The van der Waals surface area contributed by atoms with E-state index in [0.717, 1.165) is 10.9 Å². The van der Waals surface area contributed by atoms with Gasteiger partial charge in [0.1, 0.15) is 17.7 Å². The number of cyclic esters (lactones) is 1. The van der Waals surface area contributed by atoms with Crippen LogP contribution in [0.2, 0.25) is 0 Å². The zero-order valence-electron chi connectivity index (χ0n) is 19.7. The maximum Gasteiger partial charge on any atom is 0.340 e. The summed E-state index contributed by atoms with van der Waals surface area (Å²) < 4.78 is 34.6. The monoisotopic (exact) mass is 497 g/mol. The van der Waals surface area contributed by atoms with Crippen LogP contribution in [0, 0.1) is 0 Å². The Bertz CT molecular complexity index is 1430. The van der Waals surface area contributed by atoms with Crippen LogP contribution in [0.3, 0.4) is 0 Å². The van der Waals surface area contributed by atoms with Gasteiger partial charge >= 0.3 is 5.97 Å². The molecule has 10 nitrogen and oxygen atoms in total. The Kier molecular flexibility index (Phi) is 5.64. The van der Waals surface area contributed by atoms with Gasteiger partial charge in [0, 0.05) is 43.5 Å². The summed E-state index contributed by atoms with van der Waals surface area (Å²) in [6.07, 6.45) is 5.83. The molecular weight excluding hydrogens is 470 g/mol. The molecule has 1 aliphatic heterocycles. The Labute approximate surface area is 203 Å². The van der Waals surface area contributed by atoms with E-state index in [4.69, 9.17) is 15.2 Å². The lowest BCUT2D eigenvalue weighted by Gasteiger charge is -2.34. The van der Waals surface area contributed by atoms with Gasteiger partial charge in [-0.1, -0.05) is 0 Å². The summed E-state index contributed by atoms with van der Waals surface area (Å²) in [5, 5.41) is 4.34. The Morgan fingerprint density at radius 2 is 1.91 bits per heavy atom. The van der Waals surface area contributed by atoms with Gasteiger partial charge in [-0.3, -0.25) is 0 Å². The number of nitrogens with one attached hydrogen (secondary N) is 1. The molecule has 11 heteroatoms. The molecule has 1 fully saturated rings. The van der Waals surface area contributed by atoms with E-state index in [-0.39, 0.29) is 17.3 Å². The smallest absolute Gasteiger partial charge is 0.340 e. The average Bonchev–Trinajstić information content (AvgIpc) is 2.74. The molecule has 5 rings (SSSR count). The van der Waals surface area contributed by atoms with Crippen molar-refractivity contribution in [1.29, 1.82) is 0 Å². The fourth-order valence-corrected chi connectivity index (χ4v) is 5.43. The molecule has 3 aromatic rings. The van der Waals surface area contributed by atoms with Crippen LogP contribution in [0.15, 0.2) is 30.6 Å². The van der Waals surface area contributed by atoms with Crippen LogP contribution in [0.5, 0.6) is 5.88 Å². The summed E-state index contributed by atoms with van der Waals surface area (Å²) in [5.74, 6) is 1.14. The first kappa shape index (κ1) is 23.4. The van der Waals surface area contributed by atoms with Crippen molar-refractivity contribution in [2.75, 3.05) is 18.2 Å². The number of carbonyl (C=O) groups is 1. The fourth-order valence-electron chi connectivity index (χ4n) is 4.30. The van der Waals surface area contributed by atoms with E-state index in [2.05, 4.69) is 20.3 Å². The molecule has 184 valence electrons. The van der Waals surface area contributed by atoms with E-state index >= 15 is 0 Å². The Morgan fingerprint density at radius 3 is 2.63 bits per heavy atom. The zero-order valence-corrected chi connectivity index (χ0v) is 20.6. The van der Waals surface area contributed by atoms with Crippen molar-refractivity contribution in [3.63, 3.8) is 0 Å². The van der Waals surface area contributed by atoms with Crippen molar-refractivity contribution in [1.82, 2.24) is 15.0 Å². The number of ether oxygens (including phenoxy) is 2. The SMILES string of the molecule is CC(C)(N)c1cnc(OC2CC(S(C)(=O)=O)C2)c2cnc(Nc3ccc4c(n3)CCOC4=O)cc12. The highest BCUT2D eigenvalue weighted by Gasteiger charge is 2.38. The second kappa shape index (κ2) is 8.42. The van der Waals surface area contributed by atoms with E-state index in [0.29, 0.717) is 60.0 Å². The minimum absolute atomic E-state index is 0.216. The fraction of sp³-hybridized carbons (Fsp3) is 0.417. The van der Waals surface area contributed by atoms with E-state index < -0.39 is 15.4 Å². The molecule has 0 spiro atoms. The number of anilines is 2. The maximum absolute atomic E-state index is 11.9. The lowest BCUT2D eigenvalue weighted by molar-refractivity contribution is 0.0477. The molecule has 2 aliphatic rings. The second-order valence-electron chi connectivity index (χ2n) is 9.68. The summed E-state index contributed by atoms with van der Waals surface area (Å²) in [6, 6.07) is 5.27. The molecule has 1 saturated carbocycles. The third-order valence-electron chi connectivity index (χ3n) is 6.39. The van der Waals surface area contributed by atoms with E-state index in [1.165, 1.54) is 6.26 Å². The van der Waals surface area contributed by atoms with Gasteiger partial charge in [-0.2, -0.15) is 0 Å². The summed E-state index contributed by atoms with van der Waals surface area (Å²) in [7, 11) is -3.07. The first-order chi connectivity index (χ1) is 16.5. The summed E-state index contributed by atoms with van der Waals surface area (Å²) in [6.45, 7) is 4.10. The molecule has 0 radical (unpaired) electrons. The topological polar surface area (TPSA) is 146 Å². The van der Waals surface area contributed by atoms with Crippen molar-refractivity contribution in [2.24, 2.45) is 5.73 Å². The lowest BCUT2D eigenvalue weighted by Crippen LogP contribution is -2.42. The molecule has 35 heavy (non-hydrogen) atoms. The number of carbonyl (C=O) groups excluding carboxylic acids is 1. The number of hydrogen-bond acceptors (Lipinski definition) is 10. The van der Waals surface area contributed by atoms with Gasteiger partial charge in [0.05, 0.1) is 28.5 Å². The number of nitrogens with zero attached hydrogens (tertiary/aromatic N) is 3. The summed E-state index contributed by atoms with van der Waals surface area (Å²) >= 11 is 0. The number of hydrogen-bond donors (Lipinski definition) is 2. The van der Waals surface area contributed by atoms with Crippen molar-refractivity contribution < 1.29 is 22.7 Å². The zero-order chi connectivity index (χ0) is 25.0. The Balaban J connectivity index is 1.45. The summed E-state index contributed by atoms with van der Waals surface area (Å²) in [5.41, 5.74) is 7.72. The number of rotatable bonds is 6. The Morgan fingerprint density at radius 1 is 1.14 bits per heavy atom. The normalized spacial score (nSPS) is 20.1. The van der Waals surface area contributed by atoms with Crippen molar-refractivity contribution in [3.05, 3.63) is 47.4 Å². The van der Waals surface area contributed by atoms with E-state index in [1.807, 2.05) is 19.9 Å². The van der Waals surface area contributed by atoms with Crippen molar-refractivity contribution in [2.45, 2.75) is 50.0 Å². The lowest BCUT2D eigenvalue weighted by atomic mass is 9.92. The van der Waals surface area contributed by atoms with Gasteiger partial charge < -0.3 is 20.5 Å². The summed E-state index contributed by atoms with van der Waals surface area (Å²) in [4.78, 5) is 25.4. The van der Waals surface area contributed by atoms with Gasteiger partial charge in [0.15, 0.2) is 9.84 Å². The molecule has 0 atom stereocenters. The van der Waals surface area contributed by atoms with Crippen LogP contribution in [-0.4, -0.2) is 53.6 Å². The third-order valence-corrected chi connectivity index (χ3v) is 7.98. The molecule has 4 heterocycles. The van der Waals surface area contributed by atoms with Crippen molar-refractivity contribution in [3.8, 4) is 5.88 Å². The molecular formula is C24H27N5O5S. The number of fused-ring (bicyclic) bond motifs is 2. The van der Waals surface area contributed by atoms with Crippen LogP contribution in [0.4, 0.5) is 11.6 Å². The van der Waals surface area contributed by atoms with Crippen LogP contribution in [0.25, 0.3) is 10.8 Å². The standard InChI is InChI=1S/C24H27N5O5S/c1-24(2,25)18-12-27-22(34-13-8-14(9-13)35(3,31)32)17-11-26-21(10-16(17)18)29-20-5-4-15-19(28-20)6-7-33-23(15)30/h4-5,10-14H,6-9,25H2,1-3H3,(H,26,28,29). The highest BCUT2D eigenvalue weighted by molar-refractivity contribution is 7.91. The highest BCUT2D eigenvalue weighted by Crippen LogP contribution is 2.36. The van der Waals surface area contributed by atoms with E-state index in [1.54, 1.807) is 24.5 Å². The van der Waals surface area contributed by atoms with Crippen LogP contribution >= 0.6 is 0 Å². The van der Waals surface area contributed by atoms with Gasteiger partial charge in [-0.15, -0.1) is 0 Å². The molecule has 0 bridgehead atoms. The molecule has 0 saturated heterocycles. The Hall–Kier alpha value is -3.31. The van der Waals surface area contributed by atoms with Crippen molar-refractivity contribution >= 4 is 38.2 Å². The highest BCUT2D eigenvalue weighted by atomic mass is 32.2. The van der Waals surface area contributed by atoms with Gasteiger partial charge in [0.2, 0.25) is 5.88 Å². The van der Waals surface area contributed by atoms with Crippen LogP contribution in [0.1, 0.15) is 48.3 Å². The quantitative estimate of drug-likeness (QED) is 0.487. The molecule has 0 aromatic carbocycles. The number of nitrogens with two attached hydrogens (primary N) is 1. The predicted molar refractivity (Wildman–Crippen MR) is 131 cm³/mol. The third kappa shape index (κ3) is 4.65. The number of sulfone groups is 1.